The Morgan fingerprint density at radius 3 is 3.06 bits per heavy atom. The summed E-state index contributed by atoms with van der Waals surface area (Å²) in [5.74, 6) is -0.866. The van der Waals surface area contributed by atoms with Crippen molar-refractivity contribution in [3.63, 3.8) is 0 Å². The maximum absolute atomic E-state index is 13.7. The Balaban J connectivity index is 2.43. The van der Waals surface area contributed by atoms with E-state index in [9.17, 15) is 9.50 Å². The van der Waals surface area contributed by atoms with E-state index < -0.39 is 12.9 Å². The van der Waals surface area contributed by atoms with Crippen LogP contribution >= 0.6 is 0 Å². The SMILES string of the molecule is [2H]C([2H])([2H])Oc1cc(-c2cccc(O)c2)c(F)cn1. The molecule has 3 nitrogen and oxygen atoms in total. The first-order valence-electron chi connectivity index (χ1n) is 5.99. The van der Waals surface area contributed by atoms with Crippen LogP contribution in [0.2, 0.25) is 0 Å². The van der Waals surface area contributed by atoms with E-state index >= 15 is 0 Å². The number of hydrogen-bond donors (Lipinski definition) is 1. The molecule has 0 bridgehead atoms. The van der Waals surface area contributed by atoms with Gasteiger partial charge in [0.05, 0.1) is 17.3 Å². The van der Waals surface area contributed by atoms with Crippen LogP contribution in [0.1, 0.15) is 4.11 Å². The fourth-order valence-corrected chi connectivity index (χ4v) is 1.37. The summed E-state index contributed by atoms with van der Waals surface area (Å²) in [6.07, 6.45) is 0.875. The van der Waals surface area contributed by atoms with Gasteiger partial charge in [-0.05, 0) is 17.7 Å². The topological polar surface area (TPSA) is 42.4 Å². The minimum atomic E-state index is -2.65. The van der Waals surface area contributed by atoms with Crippen molar-refractivity contribution >= 4 is 0 Å². The maximum atomic E-state index is 13.7. The van der Waals surface area contributed by atoms with Crippen molar-refractivity contribution in [3.05, 3.63) is 42.3 Å². The molecule has 0 spiro atoms. The van der Waals surface area contributed by atoms with Gasteiger partial charge in [0.25, 0.3) is 0 Å². The van der Waals surface area contributed by atoms with Crippen LogP contribution in [0.25, 0.3) is 11.1 Å². The number of benzene rings is 1. The first kappa shape index (κ1) is 7.22. The van der Waals surface area contributed by atoms with Crippen LogP contribution in [-0.2, 0) is 0 Å². The third kappa shape index (κ3) is 1.95. The summed E-state index contributed by atoms with van der Waals surface area (Å²) < 4.78 is 39.2. The number of pyridine rings is 1. The van der Waals surface area contributed by atoms with Crippen LogP contribution < -0.4 is 4.74 Å². The molecule has 0 saturated heterocycles. The lowest BCUT2D eigenvalue weighted by Crippen LogP contribution is -1.91. The lowest BCUT2D eigenvalue weighted by atomic mass is 10.1. The molecule has 2 aromatic rings. The zero-order chi connectivity index (χ0) is 14.0. The van der Waals surface area contributed by atoms with E-state index in [1.54, 1.807) is 12.1 Å². The average Bonchev–Trinajstić information content (AvgIpc) is 2.30. The molecule has 0 amide bonds. The number of ether oxygens (including phenoxy) is 1. The summed E-state index contributed by atoms with van der Waals surface area (Å²) in [7, 11) is -2.65. The van der Waals surface area contributed by atoms with Crippen molar-refractivity contribution in [2.45, 2.75) is 0 Å². The third-order valence-electron chi connectivity index (χ3n) is 2.09. The molecule has 2 rings (SSSR count). The molecule has 0 saturated carbocycles. The second-order valence-electron chi connectivity index (χ2n) is 3.15. The van der Waals surface area contributed by atoms with Crippen LogP contribution in [0.3, 0.4) is 0 Å². The van der Waals surface area contributed by atoms with E-state index in [4.69, 9.17) is 4.11 Å². The Kier molecular flexibility index (Phi) is 1.89. The molecule has 0 aliphatic rings. The Bertz CT molecular complexity index is 602. The van der Waals surface area contributed by atoms with E-state index in [2.05, 4.69) is 9.72 Å². The van der Waals surface area contributed by atoms with E-state index in [1.165, 1.54) is 18.2 Å². The summed E-state index contributed by atoms with van der Waals surface area (Å²) in [5.41, 5.74) is 0.500. The Morgan fingerprint density at radius 1 is 1.44 bits per heavy atom. The van der Waals surface area contributed by atoms with Gasteiger partial charge in [-0.2, -0.15) is 0 Å². The van der Waals surface area contributed by atoms with E-state index in [-0.39, 0.29) is 17.2 Å². The monoisotopic (exact) mass is 222 g/mol. The number of aromatic hydroxyl groups is 1. The Morgan fingerprint density at radius 2 is 2.31 bits per heavy atom. The quantitative estimate of drug-likeness (QED) is 0.849. The van der Waals surface area contributed by atoms with Crippen molar-refractivity contribution in [1.82, 2.24) is 4.98 Å². The third-order valence-corrected chi connectivity index (χ3v) is 2.09. The predicted molar refractivity (Wildman–Crippen MR) is 57.8 cm³/mol. The van der Waals surface area contributed by atoms with Crippen LogP contribution in [0.5, 0.6) is 11.6 Å². The number of aromatic nitrogens is 1. The molecule has 1 N–H and O–H groups in total. The van der Waals surface area contributed by atoms with Gasteiger partial charge >= 0.3 is 0 Å². The minimum Gasteiger partial charge on any atom is -0.508 e. The van der Waals surface area contributed by atoms with Gasteiger partial charge in [-0.1, -0.05) is 12.1 Å². The molecule has 82 valence electrons. The number of rotatable bonds is 2. The van der Waals surface area contributed by atoms with Gasteiger partial charge in [0.1, 0.15) is 11.6 Å². The minimum absolute atomic E-state index is 0.0213. The highest BCUT2D eigenvalue weighted by atomic mass is 19.1. The predicted octanol–water partition coefficient (Wildman–Crippen LogP) is 2.60. The molecular formula is C12H10FNO2. The zero-order valence-corrected chi connectivity index (χ0v) is 8.14. The lowest BCUT2D eigenvalue weighted by molar-refractivity contribution is 0.396. The smallest absolute Gasteiger partial charge is 0.213 e. The molecule has 4 heteroatoms. The lowest BCUT2D eigenvalue weighted by Gasteiger charge is -2.05. The van der Waals surface area contributed by atoms with Crippen LogP contribution in [0, 0.1) is 5.82 Å². The number of halogens is 1. The van der Waals surface area contributed by atoms with Crippen LogP contribution in [0.4, 0.5) is 4.39 Å². The fraction of sp³-hybridized carbons (Fsp3) is 0.0833. The van der Waals surface area contributed by atoms with Crippen LogP contribution in [0.15, 0.2) is 36.5 Å². The van der Waals surface area contributed by atoms with Crippen molar-refractivity contribution in [2.75, 3.05) is 7.04 Å². The molecule has 0 aliphatic carbocycles. The highest BCUT2D eigenvalue weighted by Gasteiger charge is 2.08. The zero-order valence-electron chi connectivity index (χ0n) is 11.1. The standard InChI is InChI=1S/C12H10FNO2/c1-16-12-6-10(11(13)7-14-12)8-3-2-4-9(15)5-8/h2-7,15H,1H3/i1D3. The van der Waals surface area contributed by atoms with Crippen molar-refractivity contribution in [1.29, 1.82) is 0 Å². The van der Waals surface area contributed by atoms with Gasteiger partial charge in [0.2, 0.25) is 5.88 Å². The first-order valence-corrected chi connectivity index (χ1v) is 4.49. The van der Waals surface area contributed by atoms with E-state index in [1.807, 2.05) is 0 Å². The summed E-state index contributed by atoms with van der Waals surface area (Å²) in [4.78, 5) is 3.55. The molecule has 0 radical (unpaired) electrons. The van der Waals surface area contributed by atoms with Gasteiger partial charge in [-0.15, -0.1) is 0 Å². The molecule has 0 atom stereocenters. The number of nitrogens with zero attached hydrogens (tertiary/aromatic N) is 1. The summed E-state index contributed by atoms with van der Waals surface area (Å²) >= 11 is 0. The second-order valence-corrected chi connectivity index (χ2v) is 3.15. The number of hydrogen-bond acceptors (Lipinski definition) is 3. The highest BCUT2D eigenvalue weighted by Crippen LogP contribution is 2.27. The average molecular weight is 222 g/mol. The number of phenols is 1. The van der Waals surface area contributed by atoms with Gasteiger partial charge in [-0.25, -0.2) is 9.37 Å². The molecule has 16 heavy (non-hydrogen) atoms. The normalized spacial score (nSPS) is 13.7. The van der Waals surface area contributed by atoms with Gasteiger partial charge in [-0.3, -0.25) is 0 Å². The molecular weight excluding hydrogens is 209 g/mol. The van der Waals surface area contributed by atoms with Gasteiger partial charge in [0, 0.05) is 11.6 Å². The van der Waals surface area contributed by atoms with Crippen molar-refractivity contribution in [3.8, 4) is 22.8 Å². The molecule has 0 unspecified atom stereocenters. The van der Waals surface area contributed by atoms with Crippen molar-refractivity contribution < 1.29 is 18.3 Å². The largest absolute Gasteiger partial charge is 0.508 e. The molecule has 0 fully saturated rings. The van der Waals surface area contributed by atoms with E-state index in [0.717, 1.165) is 6.20 Å². The van der Waals surface area contributed by atoms with Crippen molar-refractivity contribution in [2.24, 2.45) is 0 Å². The summed E-state index contributed by atoms with van der Waals surface area (Å²) in [6.45, 7) is 0. The van der Waals surface area contributed by atoms with E-state index in [0.29, 0.717) is 5.56 Å². The molecule has 1 aromatic carbocycles. The number of methoxy groups -OCH3 is 1. The highest BCUT2D eigenvalue weighted by molar-refractivity contribution is 5.66. The second kappa shape index (κ2) is 4.18. The molecule has 1 aromatic heterocycles. The van der Waals surface area contributed by atoms with Gasteiger partial charge in [0.15, 0.2) is 0 Å². The summed E-state index contributed by atoms with van der Waals surface area (Å²) in [5, 5.41) is 9.36. The maximum Gasteiger partial charge on any atom is 0.213 e. The fourth-order valence-electron chi connectivity index (χ4n) is 1.37. The molecule has 1 heterocycles. The van der Waals surface area contributed by atoms with Crippen LogP contribution in [-0.4, -0.2) is 17.1 Å². The summed E-state index contributed by atoms with van der Waals surface area (Å²) in [6, 6.07) is 7.11. The van der Waals surface area contributed by atoms with Gasteiger partial charge < -0.3 is 9.84 Å². The Hall–Kier alpha value is -2.10. The number of phenolic OH excluding ortho intramolecular Hbond substituents is 1. The molecule has 0 aliphatic heterocycles. The Labute approximate surface area is 96.4 Å². The first-order chi connectivity index (χ1) is 8.85.